The van der Waals surface area contributed by atoms with Crippen LogP contribution in [0.2, 0.25) is 0 Å². The number of carbonyl (C=O) groups excluding carboxylic acids is 1. The fourth-order valence-corrected chi connectivity index (χ4v) is 3.59. The van der Waals surface area contributed by atoms with Crippen molar-refractivity contribution in [3.63, 3.8) is 0 Å². The first-order valence-electron chi connectivity index (χ1n) is 7.81. The fraction of sp³-hybridized carbons (Fsp3) is 0.438. The van der Waals surface area contributed by atoms with Crippen LogP contribution in [0.3, 0.4) is 0 Å². The van der Waals surface area contributed by atoms with Crippen LogP contribution in [0.4, 0.5) is 10.8 Å². The van der Waals surface area contributed by atoms with E-state index in [4.69, 9.17) is 4.74 Å². The maximum atomic E-state index is 11.9. The normalized spacial score (nSPS) is 10.7. The highest BCUT2D eigenvalue weighted by Crippen LogP contribution is 2.28. The molecule has 2 rings (SSSR count). The molecule has 0 aliphatic carbocycles. The minimum absolute atomic E-state index is 0.0357. The van der Waals surface area contributed by atoms with Gasteiger partial charge in [0.15, 0.2) is 4.34 Å². The van der Waals surface area contributed by atoms with E-state index >= 15 is 0 Å². The van der Waals surface area contributed by atoms with Gasteiger partial charge in [0.25, 0.3) is 0 Å². The monoisotopic (exact) mass is 366 g/mol. The molecule has 130 valence electrons. The molecule has 0 atom stereocenters. The summed E-state index contributed by atoms with van der Waals surface area (Å²) in [5, 5.41) is 15.1. The lowest BCUT2D eigenvalue weighted by Crippen LogP contribution is -2.34. The summed E-state index contributed by atoms with van der Waals surface area (Å²) in [6.45, 7) is 4.15. The number of carbonyl (C=O) groups is 1. The van der Waals surface area contributed by atoms with Crippen molar-refractivity contribution < 1.29 is 9.53 Å². The highest BCUT2D eigenvalue weighted by molar-refractivity contribution is 8.01. The van der Waals surface area contributed by atoms with E-state index < -0.39 is 0 Å². The fourth-order valence-electron chi connectivity index (χ4n) is 2.01. The van der Waals surface area contributed by atoms with Crippen molar-refractivity contribution in [1.82, 2.24) is 15.5 Å². The summed E-state index contributed by atoms with van der Waals surface area (Å²) in [5.74, 6) is 1.19. The average Bonchev–Trinajstić information content (AvgIpc) is 3.06. The number of nitrogens with one attached hydrogen (secondary N) is 2. The number of benzene rings is 1. The van der Waals surface area contributed by atoms with Crippen LogP contribution in [0.15, 0.2) is 28.6 Å². The van der Waals surface area contributed by atoms with Crippen molar-refractivity contribution in [3.05, 3.63) is 24.3 Å². The van der Waals surface area contributed by atoms with Crippen molar-refractivity contribution in [3.8, 4) is 5.75 Å². The zero-order valence-corrected chi connectivity index (χ0v) is 15.7. The summed E-state index contributed by atoms with van der Waals surface area (Å²) in [4.78, 5) is 11.9. The molecule has 0 bridgehead atoms. The number of ether oxygens (including phenoxy) is 1. The van der Waals surface area contributed by atoms with Gasteiger partial charge in [-0.25, -0.2) is 0 Å². The lowest BCUT2D eigenvalue weighted by atomic mass is 10.2. The molecule has 1 aromatic carbocycles. The van der Waals surface area contributed by atoms with Crippen molar-refractivity contribution in [2.45, 2.75) is 37.1 Å². The van der Waals surface area contributed by atoms with E-state index in [0.717, 1.165) is 28.6 Å². The van der Waals surface area contributed by atoms with Gasteiger partial charge in [-0.1, -0.05) is 36.9 Å². The van der Waals surface area contributed by atoms with Gasteiger partial charge < -0.3 is 15.4 Å². The molecule has 1 heterocycles. The number of thioether (sulfide) groups is 1. The number of hydrogen-bond donors (Lipinski definition) is 2. The van der Waals surface area contributed by atoms with Crippen molar-refractivity contribution in [2.24, 2.45) is 0 Å². The SMILES string of the molecule is CCC(CC)NC(=O)CSc1nnc(Nc2ccc(OC)cc2)s1. The molecule has 2 N–H and O–H groups in total. The zero-order chi connectivity index (χ0) is 17.4. The van der Waals surface area contributed by atoms with Crippen LogP contribution in [0.25, 0.3) is 0 Å². The molecule has 0 saturated heterocycles. The first-order valence-corrected chi connectivity index (χ1v) is 9.61. The second-order valence-corrected chi connectivity index (χ2v) is 7.30. The molecule has 0 unspecified atom stereocenters. The number of anilines is 2. The van der Waals surface area contributed by atoms with Gasteiger partial charge in [-0.3, -0.25) is 4.79 Å². The lowest BCUT2D eigenvalue weighted by Gasteiger charge is -2.13. The van der Waals surface area contributed by atoms with Gasteiger partial charge in [-0.05, 0) is 37.1 Å². The van der Waals surface area contributed by atoms with Crippen LogP contribution in [0.5, 0.6) is 5.75 Å². The molecule has 0 radical (unpaired) electrons. The first kappa shape index (κ1) is 18.5. The van der Waals surface area contributed by atoms with E-state index in [-0.39, 0.29) is 11.9 Å². The van der Waals surface area contributed by atoms with Crippen LogP contribution < -0.4 is 15.4 Å². The molecule has 1 aromatic heterocycles. The zero-order valence-electron chi connectivity index (χ0n) is 14.0. The third-order valence-corrected chi connectivity index (χ3v) is 5.40. The smallest absolute Gasteiger partial charge is 0.230 e. The minimum Gasteiger partial charge on any atom is -0.497 e. The van der Waals surface area contributed by atoms with Gasteiger partial charge in [-0.15, -0.1) is 10.2 Å². The first-order chi connectivity index (χ1) is 11.6. The topological polar surface area (TPSA) is 76.1 Å². The van der Waals surface area contributed by atoms with Gasteiger partial charge in [0, 0.05) is 11.7 Å². The summed E-state index contributed by atoms with van der Waals surface area (Å²) >= 11 is 2.83. The Kier molecular flexibility index (Phi) is 7.33. The summed E-state index contributed by atoms with van der Waals surface area (Å²) in [6.07, 6.45) is 1.89. The lowest BCUT2D eigenvalue weighted by molar-refractivity contribution is -0.119. The Labute approximate surface area is 150 Å². The number of nitrogens with zero attached hydrogens (tertiary/aromatic N) is 2. The van der Waals surface area contributed by atoms with Crippen LogP contribution in [-0.4, -0.2) is 35.0 Å². The third-order valence-electron chi connectivity index (χ3n) is 3.43. The predicted octanol–water partition coefficient (Wildman–Crippen LogP) is 3.69. The van der Waals surface area contributed by atoms with E-state index in [1.54, 1.807) is 7.11 Å². The highest BCUT2D eigenvalue weighted by Gasteiger charge is 2.11. The van der Waals surface area contributed by atoms with Gasteiger partial charge in [0.2, 0.25) is 11.0 Å². The van der Waals surface area contributed by atoms with Gasteiger partial charge in [0.05, 0.1) is 12.9 Å². The number of rotatable bonds is 9. The van der Waals surface area contributed by atoms with Gasteiger partial charge in [0.1, 0.15) is 5.75 Å². The van der Waals surface area contributed by atoms with Crippen LogP contribution in [0.1, 0.15) is 26.7 Å². The molecule has 24 heavy (non-hydrogen) atoms. The maximum absolute atomic E-state index is 11.9. The molecular weight excluding hydrogens is 344 g/mol. The van der Waals surface area contributed by atoms with Crippen LogP contribution in [0, 0.1) is 0 Å². The quantitative estimate of drug-likeness (QED) is 0.659. The predicted molar refractivity (Wildman–Crippen MR) is 99.4 cm³/mol. The summed E-state index contributed by atoms with van der Waals surface area (Å²) in [7, 11) is 1.63. The molecule has 0 aliphatic heterocycles. The van der Waals surface area contributed by atoms with Crippen molar-refractivity contribution in [2.75, 3.05) is 18.2 Å². The molecule has 6 nitrogen and oxygen atoms in total. The standard InChI is InChI=1S/C16H22N4O2S2/c1-4-11(5-2)17-14(21)10-23-16-20-19-15(24-16)18-12-6-8-13(22-3)9-7-12/h6-9,11H,4-5,10H2,1-3H3,(H,17,21)(H,18,19). The van der Waals surface area contributed by atoms with E-state index in [0.29, 0.717) is 10.9 Å². The Morgan fingerprint density at radius 2 is 1.96 bits per heavy atom. The van der Waals surface area contributed by atoms with Gasteiger partial charge >= 0.3 is 0 Å². The van der Waals surface area contributed by atoms with E-state index in [2.05, 4.69) is 34.7 Å². The summed E-state index contributed by atoms with van der Waals surface area (Å²) < 4.78 is 5.90. The molecule has 2 aromatic rings. The molecule has 8 heteroatoms. The molecule has 0 aliphatic rings. The summed E-state index contributed by atoms with van der Waals surface area (Å²) in [6, 6.07) is 7.83. The Morgan fingerprint density at radius 3 is 2.58 bits per heavy atom. The van der Waals surface area contributed by atoms with Crippen LogP contribution in [-0.2, 0) is 4.79 Å². The van der Waals surface area contributed by atoms with Crippen molar-refractivity contribution in [1.29, 1.82) is 0 Å². The van der Waals surface area contributed by atoms with E-state index in [1.807, 2.05) is 24.3 Å². The highest BCUT2D eigenvalue weighted by atomic mass is 32.2. The Hall–Kier alpha value is -1.80. The molecular formula is C16H22N4O2S2. The Morgan fingerprint density at radius 1 is 1.25 bits per heavy atom. The molecule has 0 saturated carbocycles. The molecule has 0 spiro atoms. The molecule has 0 fully saturated rings. The van der Waals surface area contributed by atoms with Crippen LogP contribution >= 0.6 is 23.1 Å². The third kappa shape index (κ3) is 5.68. The van der Waals surface area contributed by atoms with E-state index in [1.165, 1.54) is 23.1 Å². The Balaban J connectivity index is 1.83. The molecule has 1 amide bonds. The number of amides is 1. The Bertz CT molecular complexity index is 642. The minimum atomic E-state index is 0.0357. The maximum Gasteiger partial charge on any atom is 0.230 e. The van der Waals surface area contributed by atoms with Crippen molar-refractivity contribution >= 4 is 39.8 Å². The van der Waals surface area contributed by atoms with Gasteiger partial charge in [-0.2, -0.15) is 0 Å². The number of methoxy groups -OCH3 is 1. The second kappa shape index (κ2) is 9.48. The second-order valence-electron chi connectivity index (χ2n) is 5.10. The number of hydrogen-bond acceptors (Lipinski definition) is 7. The number of aromatic nitrogens is 2. The summed E-state index contributed by atoms with van der Waals surface area (Å²) in [5.41, 5.74) is 0.912. The largest absolute Gasteiger partial charge is 0.497 e. The van der Waals surface area contributed by atoms with E-state index in [9.17, 15) is 4.79 Å². The average molecular weight is 367 g/mol.